The number of nitrogens with two attached hydrogens (primary N) is 1. The maximum atomic E-state index is 11.0. The number of carbonyl (C=O) groups is 2. The van der Waals surface area contributed by atoms with Crippen LogP contribution in [0.15, 0.2) is 0 Å². The van der Waals surface area contributed by atoms with Crippen molar-refractivity contribution in [2.24, 2.45) is 11.1 Å². The van der Waals surface area contributed by atoms with Crippen molar-refractivity contribution in [3.63, 3.8) is 0 Å². The molecule has 1 spiro atoms. The van der Waals surface area contributed by atoms with E-state index in [0.29, 0.717) is 6.42 Å². The van der Waals surface area contributed by atoms with Crippen molar-refractivity contribution in [1.29, 1.82) is 0 Å². The number of rotatable bonds is 1. The van der Waals surface area contributed by atoms with Gasteiger partial charge in [-0.3, -0.25) is 9.59 Å². The van der Waals surface area contributed by atoms with Gasteiger partial charge in [0.05, 0.1) is 0 Å². The average molecular weight is 168 g/mol. The summed E-state index contributed by atoms with van der Waals surface area (Å²) < 4.78 is 0. The van der Waals surface area contributed by atoms with E-state index in [1.54, 1.807) is 0 Å². The van der Waals surface area contributed by atoms with E-state index in [1.165, 1.54) is 0 Å². The molecule has 3 N–H and O–H groups in total. The molecule has 1 saturated heterocycles. The topological polar surface area (TPSA) is 72.2 Å². The zero-order valence-electron chi connectivity index (χ0n) is 6.80. The van der Waals surface area contributed by atoms with Gasteiger partial charge in [0.15, 0.2) is 0 Å². The second kappa shape index (κ2) is 2.21. The summed E-state index contributed by atoms with van der Waals surface area (Å²) in [6, 6.07) is -0.404. The predicted octanol–water partition coefficient (Wildman–Crippen LogP) is -0.470. The van der Waals surface area contributed by atoms with Gasteiger partial charge in [-0.2, -0.15) is 0 Å². The first-order valence-electron chi connectivity index (χ1n) is 4.23. The molecule has 0 aromatic heterocycles. The Hall–Kier alpha value is -1.06. The Labute approximate surface area is 70.5 Å². The highest BCUT2D eigenvalue weighted by Crippen LogP contribution is 2.49. The van der Waals surface area contributed by atoms with Gasteiger partial charge in [0.1, 0.15) is 6.04 Å². The monoisotopic (exact) mass is 168 g/mol. The third-order valence-electron chi connectivity index (χ3n) is 3.06. The van der Waals surface area contributed by atoms with E-state index in [9.17, 15) is 9.59 Å². The Morgan fingerprint density at radius 3 is 2.58 bits per heavy atom. The van der Waals surface area contributed by atoms with Gasteiger partial charge < -0.3 is 11.1 Å². The van der Waals surface area contributed by atoms with Crippen LogP contribution in [-0.2, 0) is 9.59 Å². The maximum absolute atomic E-state index is 11.0. The molecule has 2 aliphatic rings. The summed E-state index contributed by atoms with van der Waals surface area (Å²) in [7, 11) is 0. The molecule has 2 amide bonds. The first-order chi connectivity index (χ1) is 5.64. The van der Waals surface area contributed by atoms with E-state index in [2.05, 4.69) is 5.32 Å². The lowest BCUT2D eigenvalue weighted by atomic mass is 9.64. The van der Waals surface area contributed by atoms with Crippen LogP contribution in [0.25, 0.3) is 0 Å². The zero-order chi connectivity index (χ0) is 8.77. The molecular formula is C8H12N2O2. The third-order valence-corrected chi connectivity index (χ3v) is 3.06. The normalized spacial score (nSPS) is 31.3. The summed E-state index contributed by atoms with van der Waals surface area (Å²) in [5.41, 5.74) is 5.08. The summed E-state index contributed by atoms with van der Waals surface area (Å²) >= 11 is 0. The standard InChI is InChI=1S/C8H12N2O2/c9-7(12)6-8(2-1-3-8)4-5(11)10-6/h6H,1-4H2,(H2,9,12)(H,10,11). The van der Waals surface area contributed by atoms with Crippen molar-refractivity contribution < 1.29 is 9.59 Å². The quantitative estimate of drug-likeness (QED) is 0.555. The Bertz CT molecular complexity index is 245. The summed E-state index contributed by atoms with van der Waals surface area (Å²) in [5, 5.41) is 2.63. The summed E-state index contributed by atoms with van der Waals surface area (Å²) in [5.74, 6) is -0.418. The van der Waals surface area contributed by atoms with E-state index in [4.69, 9.17) is 5.73 Å². The fourth-order valence-corrected chi connectivity index (χ4v) is 2.26. The van der Waals surface area contributed by atoms with Crippen LogP contribution in [0, 0.1) is 5.41 Å². The van der Waals surface area contributed by atoms with Crippen LogP contribution in [0.2, 0.25) is 0 Å². The third kappa shape index (κ3) is 0.838. The van der Waals surface area contributed by atoms with Gasteiger partial charge in [-0.05, 0) is 12.8 Å². The molecule has 4 heteroatoms. The highest BCUT2D eigenvalue weighted by molar-refractivity contribution is 5.91. The lowest BCUT2D eigenvalue weighted by Gasteiger charge is -2.40. The Morgan fingerprint density at radius 2 is 2.25 bits per heavy atom. The molecule has 0 aromatic rings. The molecule has 1 heterocycles. The van der Waals surface area contributed by atoms with Gasteiger partial charge in [-0.25, -0.2) is 0 Å². The molecule has 0 bridgehead atoms. The lowest BCUT2D eigenvalue weighted by Crippen LogP contribution is -2.50. The minimum Gasteiger partial charge on any atom is -0.368 e. The van der Waals surface area contributed by atoms with Crippen molar-refractivity contribution in [1.82, 2.24) is 5.32 Å². The lowest BCUT2D eigenvalue weighted by molar-refractivity contribution is -0.124. The molecule has 1 atom stereocenters. The van der Waals surface area contributed by atoms with Crippen LogP contribution in [0.3, 0.4) is 0 Å². The highest BCUT2D eigenvalue weighted by Gasteiger charge is 2.53. The number of amides is 2. The highest BCUT2D eigenvalue weighted by atomic mass is 16.2. The van der Waals surface area contributed by atoms with Crippen LogP contribution < -0.4 is 11.1 Å². The molecule has 4 nitrogen and oxygen atoms in total. The van der Waals surface area contributed by atoms with Gasteiger partial charge in [0.2, 0.25) is 11.8 Å². The molecule has 2 rings (SSSR count). The van der Waals surface area contributed by atoms with Crippen LogP contribution in [0.4, 0.5) is 0 Å². The summed E-state index contributed by atoms with van der Waals surface area (Å²) in [6.45, 7) is 0. The molecule has 2 fully saturated rings. The Morgan fingerprint density at radius 1 is 1.58 bits per heavy atom. The Balaban J connectivity index is 2.21. The molecule has 1 aliphatic heterocycles. The number of hydrogen-bond donors (Lipinski definition) is 2. The zero-order valence-corrected chi connectivity index (χ0v) is 6.80. The van der Waals surface area contributed by atoms with Gasteiger partial charge in [-0.15, -0.1) is 0 Å². The number of carbonyl (C=O) groups excluding carboxylic acids is 2. The van der Waals surface area contributed by atoms with Gasteiger partial charge in [0, 0.05) is 11.8 Å². The molecule has 0 radical (unpaired) electrons. The first-order valence-corrected chi connectivity index (χ1v) is 4.23. The molecular weight excluding hydrogens is 156 g/mol. The molecule has 12 heavy (non-hydrogen) atoms. The minimum atomic E-state index is -0.404. The van der Waals surface area contributed by atoms with E-state index in [-0.39, 0.29) is 17.2 Å². The second-order valence-corrected chi connectivity index (χ2v) is 3.80. The fraction of sp³-hybridized carbons (Fsp3) is 0.750. The number of nitrogens with one attached hydrogen (secondary N) is 1. The SMILES string of the molecule is NC(=O)C1NC(=O)CC12CCC2. The number of primary amides is 1. The van der Waals surface area contributed by atoms with E-state index in [1.807, 2.05) is 0 Å². The van der Waals surface area contributed by atoms with Crippen LogP contribution in [0.5, 0.6) is 0 Å². The van der Waals surface area contributed by atoms with E-state index >= 15 is 0 Å². The van der Waals surface area contributed by atoms with Crippen LogP contribution in [0.1, 0.15) is 25.7 Å². The summed E-state index contributed by atoms with van der Waals surface area (Å²) in [6.07, 6.45) is 3.51. The van der Waals surface area contributed by atoms with Crippen LogP contribution >= 0.6 is 0 Å². The fourth-order valence-electron chi connectivity index (χ4n) is 2.26. The molecule has 66 valence electrons. The minimum absolute atomic E-state index is 0.0292. The second-order valence-electron chi connectivity index (χ2n) is 3.80. The molecule has 1 unspecified atom stereocenters. The maximum Gasteiger partial charge on any atom is 0.240 e. The van der Waals surface area contributed by atoms with Crippen molar-refractivity contribution in [3.05, 3.63) is 0 Å². The smallest absolute Gasteiger partial charge is 0.240 e. The van der Waals surface area contributed by atoms with Gasteiger partial charge in [0.25, 0.3) is 0 Å². The molecule has 1 saturated carbocycles. The van der Waals surface area contributed by atoms with Crippen molar-refractivity contribution in [3.8, 4) is 0 Å². The number of hydrogen-bond acceptors (Lipinski definition) is 2. The molecule has 1 aliphatic carbocycles. The van der Waals surface area contributed by atoms with Gasteiger partial charge in [-0.1, -0.05) is 6.42 Å². The van der Waals surface area contributed by atoms with Crippen molar-refractivity contribution in [2.45, 2.75) is 31.7 Å². The van der Waals surface area contributed by atoms with Gasteiger partial charge >= 0.3 is 0 Å². The van der Waals surface area contributed by atoms with Crippen LogP contribution in [-0.4, -0.2) is 17.9 Å². The first kappa shape index (κ1) is 7.58. The summed E-state index contributed by atoms with van der Waals surface area (Å²) in [4.78, 5) is 22.0. The predicted molar refractivity (Wildman–Crippen MR) is 42.0 cm³/mol. The largest absolute Gasteiger partial charge is 0.368 e. The van der Waals surface area contributed by atoms with Crippen molar-refractivity contribution in [2.75, 3.05) is 0 Å². The Kier molecular flexibility index (Phi) is 1.40. The van der Waals surface area contributed by atoms with E-state index in [0.717, 1.165) is 19.3 Å². The van der Waals surface area contributed by atoms with E-state index < -0.39 is 6.04 Å². The molecule has 0 aromatic carbocycles. The van der Waals surface area contributed by atoms with Crippen molar-refractivity contribution >= 4 is 11.8 Å². The average Bonchev–Trinajstić information content (AvgIpc) is 2.25.